The summed E-state index contributed by atoms with van der Waals surface area (Å²) in [6.45, 7) is 4.19. The molecule has 0 bridgehead atoms. The Morgan fingerprint density at radius 3 is 2.43 bits per heavy atom. The van der Waals surface area contributed by atoms with Crippen molar-refractivity contribution in [1.82, 2.24) is 4.68 Å². The molecule has 0 amide bonds. The van der Waals surface area contributed by atoms with Gasteiger partial charge in [0.25, 0.3) is 0 Å². The minimum absolute atomic E-state index is 0.193. The lowest BCUT2D eigenvalue weighted by atomic mass is 9.90. The van der Waals surface area contributed by atoms with Crippen molar-refractivity contribution in [3.63, 3.8) is 0 Å². The molecule has 0 atom stereocenters. The SMILES string of the molecule is CCc1c(C)cc2c(ccc(=N)n2N=N)c1-c1ccc(Cl)cc1. The maximum Gasteiger partial charge on any atom is 0.148 e. The van der Waals surface area contributed by atoms with Gasteiger partial charge in [-0.05, 0) is 65.9 Å². The van der Waals surface area contributed by atoms with Gasteiger partial charge in [-0.2, -0.15) is 10.2 Å². The number of nitrogens with zero attached hydrogens (tertiary/aromatic N) is 2. The first-order valence-corrected chi connectivity index (χ1v) is 7.81. The van der Waals surface area contributed by atoms with E-state index in [1.54, 1.807) is 6.07 Å². The van der Waals surface area contributed by atoms with Gasteiger partial charge in [0, 0.05) is 10.4 Å². The lowest BCUT2D eigenvalue weighted by molar-refractivity contribution is 0.737. The van der Waals surface area contributed by atoms with E-state index in [-0.39, 0.29) is 5.49 Å². The van der Waals surface area contributed by atoms with E-state index in [1.807, 2.05) is 36.4 Å². The molecule has 0 unspecified atom stereocenters. The summed E-state index contributed by atoms with van der Waals surface area (Å²) in [7, 11) is 0. The third kappa shape index (κ3) is 2.55. The van der Waals surface area contributed by atoms with Crippen LogP contribution in [-0.4, -0.2) is 4.68 Å². The Kier molecular flexibility index (Phi) is 4.01. The number of aryl methyl sites for hydroxylation is 1. The van der Waals surface area contributed by atoms with E-state index in [0.717, 1.165) is 34.0 Å². The Hall–Kier alpha value is -2.46. The molecule has 0 aliphatic carbocycles. The van der Waals surface area contributed by atoms with Gasteiger partial charge >= 0.3 is 0 Å². The Labute approximate surface area is 139 Å². The average Bonchev–Trinajstić information content (AvgIpc) is 2.54. The number of pyridine rings is 1. The molecule has 2 N–H and O–H groups in total. The second-order valence-corrected chi connectivity index (χ2v) is 5.91. The van der Waals surface area contributed by atoms with E-state index in [4.69, 9.17) is 22.5 Å². The minimum Gasteiger partial charge on any atom is -0.283 e. The van der Waals surface area contributed by atoms with E-state index in [0.29, 0.717) is 5.02 Å². The third-order valence-electron chi connectivity index (χ3n) is 4.13. The van der Waals surface area contributed by atoms with Crippen molar-refractivity contribution in [2.75, 3.05) is 0 Å². The summed E-state index contributed by atoms with van der Waals surface area (Å²) >= 11 is 6.02. The predicted molar refractivity (Wildman–Crippen MR) is 92.9 cm³/mol. The molecule has 0 radical (unpaired) electrons. The Bertz CT molecular complexity index is 955. The predicted octanol–water partition coefficient (Wildman–Crippen LogP) is 5.11. The summed E-state index contributed by atoms with van der Waals surface area (Å²) < 4.78 is 1.35. The van der Waals surface area contributed by atoms with Gasteiger partial charge in [0.05, 0.1) is 5.52 Å². The fraction of sp³-hybridized carbons (Fsp3) is 0.167. The highest BCUT2D eigenvalue weighted by molar-refractivity contribution is 6.30. The zero-order valence-electron chi connectivity index (χ0n) is 13.0. The van der Waals surface area contributed by atoms with E-state index < -0.39 is 0 Å². The number of fused-ring (bicyclic) bond motifs is 1. The van der Waals surface area contributed by atoms with Crippen LogP contribution in [0.4, 0.5) is 0 Å². The van der Waals surface area contributed by atoms with Gasteiger partial charge in [-0.25, -0.2) is 0 Å². The van der Waals surface area contributed by atoms with Crippen molar-refractivity contribution in [3.05, 3.63) is 64.1 Å². The molecule has 116 valence electrons. The zero-order chi connectivity index (χ0) is 16.6. The summed E-state index contributed by atoms with van der Waals surface area (Å²) in [4.78, 5) is 0. The molecule has 0 saturated heterocycles. The molecule has 3 rings (SSSR count). The molecule has 1 aromatic heterocycles. The fourth-order valence-corrected chi connectivity index (χ4v) is 3.20. The van der Waals surface area contributed by atoms with Crippen molar-refractivity contribution in [1.29, 1.82) is 10.9 Å². The molecule has 23 heavy (non-hydrogen) atoms. The van der Waals surface area contributed by atoms with Crippen LogP contribution < -0.4 is 5.49 Å². The van der Waals surface area contributed by atoms with Gasteiger partial charge in [0.1, 0.15) is 5.49 Å². The van der Waals surface area contributed by atoms with Crippen molar-refractivity contribution < 1.29 is 0 Å². The van der Waals surface area contributed by atoms with Crippen LogP contribution in [0.2, 0.25) is 5.02 Å². The molecule has 4 nitrogen and oxygen atoms in total. The molecule has 2 aromatic carbocycles. The summed E-state index contributed by atoms with van der Waals surface area (Å²) in [6, 6.07) is 13.4. The molecular weight excluding hydrogens is 308 g/mol. The molecule has 0 saturated carbocycles. The highest BCUT2D eigenvalue weighted by atomic mass is 35.5. The lowest BCUT2D eigenvalue weighted by Crippen LogP contribution is -2.15. The van der Waals surface area contributed by atoms with Crippen LogP contribution in [0.3, 0.4) is 0 Å². The molecule has 0 aliphatic heterocycles. The Balaban J connectivity index is 2.49. The monoisotopic (exact) mass is 324 g/mol. The van der Waals surface area contributed by atoms with E-state index in [9.17, 15) is 0 Å². The largest absolute Gasteiger partial charge is 0.283 e. The molecule has 1 heterocycles. The van der Waals surface area contributed by atoms with Crippen LogP contribution in [0.5, 0.6) is 0 Å². The van der Waals surface area contributed by atoms with Crippen molar-refractivity contribution in [2.24, 2.45) is 5.22 Å². The maximum absolute atomic E-state index is 7.96. The van der Waals surface area contributed by atoms with Crippen LogP contribution in [0.15, 0.2) is 47.7 Å². The Morgan fingerprint density at radius 2 is 1.83 bits per heavy atom. The second-order valence-electron chi connectivity index (χ2n) is 5.47. The minimum atomic E-state index is 0.193. The molecule has 0 fully saturated rings. The lowest BCUT2D eigenvalue weighted by Gasteiger charge is -2.17. The van der Waals surface area contributed by atoms with Gasteiger partial charge in [-0.3, -0.25) is 5.41 Å². The number of halogens is 1. The van der Waals surface area contributed by atoms with Crippen molar-refractivity contribution in [2.45, 2.75) is 20.3 Å². The highest BCUT2D eigenvalue weighted by Crippen LogP contribution is 2.34. The number of hydrogen-bond acceptors (Lipinski definition) is 3. The molecular formula is C18H17ClN4. The van der Waals surface area contributed by atoms with Crippen LogP contribution in [0.25, 0.3) is 22.0 Å². The zero-order valence-corrected chi connectivity index (χ0v) is 13.8. The average molecular weight is 325 g/mol. The van der Waals surface area contributed by atoms with Gasteiger partial charge in [0.15, 0.2) is 0 Å². The number of aromatic nitrogens is 1. The van der Waals surface area contributed by atoms with Gasteiger partial charge in [-0.15, -0.1) is 0 Å². The topological polar surface area (TPSA) is 65.0 Å². The number of hydrogen-bond donors (Lipinski definition) is 2. The quantitative estimate of drug-likeness (QED) is 0.629. The van der Waals surface area contributed by atoms with Gasteiger partial charge < -0.3 is 0 Å². The van der Waals surface area contributed by atoms with Crippen LogP contribution >= 0.6 is 11.6 Å². The first-order valence-electron chi connectivity index (χ1n) is 7.43. The summed E-state index contributed by atoms with van der Waals surface area (Å²) in [5.74, 6) is 0. The van der Waals surface area contributed by atoms with E-state index in [1.165, 1.54) is 10.2 Å². The van der Waals surface area contributed by atoms with Crippen LogP contribution in [-0.2, 0) is 6.42 Å². The van der Waals surface area contributed by atoms with Gasteiger partial charge in [-0.1, -0.05) is 35.9 Å². The highest BCUT2D eigenvalue weighted by Gasteiger charge is 2.14. The fourth-order valence-electron chi connectivity index (χ4n) is 3.07. The molecule has 0 spiro atoms. The molecule has 5 heteroatoms. The van der Waals surface area contributed by atoms with E-state index in [2.05, 4.69) is 19.1 Å². The number of benzene rings is 2. The Morgan fingerprint density at radius 1 is 1.13 bits per heavy atom. The molecule has 3 aromatic rings. The van der Waals surface area contributed by atoms with Gasteiger partial charge in [0.2, 0.25) is 0 Å². The summed E-state index contributed by atoms with van der Waals surface area (Å²) in [5, 5.41) is 13.1. The standard InChI is InChI=1S/C18H17ClN4/c1-3-14-11(2)10-16-15(8-9-17(20)23(16)22-21)18(14)12-4-6-13(19)7-5-12/h4-10,20-21H,3H2,1-2H3. The van der Waals surface area contributed by atoms with E-state index >= 15 is 0 Å². The second kappa shape index (κ2) is 5.97. The van der Waals surface area contributed by atoms with Crippen molar-refractivity contribution >= 4 is 22.5 Å². The van der Waals surface area contributed by atoms with Crippen molar-refractivity contribution in [3.8, 4) is 11.1 Å². The summed E-state index contributed by atoms with van der Waals surface area (Å²) in [5.41, 5.74) is 12.9. The number of nitrogens with one attached hydrogen (secondary N) is 2. The summed E-state index contributed by atoms with van der Waals surface area (Å²) in [6.07, 6.45) is 0.903. The first-order chi connectivity index (χ1) is 11.1. The van der Waals surface area contributed by atoms with Crippen LogP contribution in [0, 0.1) is 17.9 Å². The maximum atomic E-state index is 7.96. The number of rotatable bonds is 3. The smallest absolute Gasteiger partial charge is 0.148 e. The van der Waals surface area contributed by atoms with Crippen LogP contribution in [0.1, 0.15) is 18.1 Å². The first kappa shape index (κ1) is 15.4. The third-order valence-corrected chi connectivity index (χ3v) is 4.38. The molecule has 0 aliphatic rings. The normalized spacial score (nSPS) is 10.9.